The number of piperidine rings is 1. The minimum absolute atomic E-state index is 0.0225. The molecule has 0 radical (unpaired) electrons. The molecule has 2 aromatic carbocycles. The Morgan fingerprint density at radius 2 is 1.57 bits per heavy atom. The van der Waals surface area contributed by atoms with Gasteiger partial charge < -0.3 is 40.7 Å². The van der Waals surface area contributed by atoms with Crippen molar-refractivity contribution in [2.75, 3.05) is 19.7 Å². The van der Waals surface area contributed by atoms with Gasteiger partial charge >= 0.3 is 24.1 Å². The summed E-state index contributed by atoms with van der Waals surface area (Å²) in [6.45, 7) is 3.08. The first-order valence-corrected chi connectivity index (χ1v) is 14.2. The minimum Gasteiger partial charge on any atom is -0.491 e. The Bertz CT molecular complexity index is 1440. The van der Waals surface area contributed by atoms with Gasteiger partial charge in [0.15, 0.2) is 0 Å². The molecular weight excluding hydrogens is 631 g/mol. The van der Waals surface area contributed by atoms with Crippen LogP contribution in [-0.2, 0) is 20.8 Å². The molecule has 1 aliphatic heterocycles. The van der Waals surface area contributed by atoms with Gasteiger partial charge in [-0.1, -0.05) is 12.1 Å². The molecule has 0 spiro atoms. The molecule has 256 valence electrons. The number of aryl methyl sites for hydroxylation is 1. The summed E-state index contributed by atoms with van der Waals surface area (Å²) in [5.74, 6) is -4.14. The third-order valence-corrected chi connectivity index (χ3v) is 6.76. The summed E-state index contributed by atoms with van der Waals surface area (Å²) in [6, 6.07) is 10.4. The molecule has 1 heterocycles. The standard InChI is InChI=1S/C28H35N5O7.C2HF3O2/c1-17(29)33-12-10-23(11-13-33)40-22-7-4-19(5-8-22)28(38)32-21(15-26(36)37)16-39-24-14-20(27(30)31)3-2-18(24)6-9-25(34)35;3-2(4,5)1(6)7/h2-5,7-8,14,21,23,29H,6,9-13,15-16H2,1H3,(H3,30,31)(H,32,38)(H,34,35)(H,36,37);(H,6,7)/t21-;/m1./s1. The number of likely N-dealkylation sites (tertiary alicyclic amines) is 1. The van der Waals surface area contributed by atoms with Crippen molar-refractivity contribution in [2.24, 2.45) is 5.73 Å². The van der Waals surface area contributed by atoms with Crippen molar-refractivity contribution in [2.45, 2.75) is 57.3 Å². The molecule has 2 aromatic rings. The van der Waals surface area contributed by atoms with Crippen LogP contribution in [0.25, 0.3) is 0 Å². The number of nitrogens with zero attached hydrogens (tertiary/aromatic N) is 1. The molecule has 0 unspecified atom stereocenters. The van der Waals surface area contributed by atoms with Gasteiger partial charge in [-0.2, -0.15) is 13.2 Å². The normalized spacial score (nSPS) is 13.7. The molecule has 1 fully saturated rings. The van der Waals surface area contributed by atoms with E-state index < -0.39 is 42.5 Å². The number of ether oxygens (including phenoxy) is 2. The maximum atomic E-state index is 12.9. The van der Waals surface area contributed by atoms with E-state index in [0.717, 1.165) is 25.9 Å². The number of amides is 1. The number of carbonyl (C=O) groups is 4. The van der Waals surface area contributed by atoms with Crippen molar-refractivity contribution in [1.82, 2.24) is 10.2 Å². The zero-order valence-electron chi connectivity index (χ0n) is 25.3. The fourth-order valence-corrected chi connectivity index (χ4v) is 4.31. The molecular formula is C30H36F3N5O9. The Hall–Kier alpha value is -5.35. The van der Waals surface area contributed by atoms with Gasteiger partial charge in [0.1, 0.15) is 30.0 Å². The average molecular weight is 668 g/mol. The topological polar surface area (TPSA) is 236 Å². The van der Waals surface area contributed by atoms with Crippen LogP contribution in [0.15, 0.2) is 42.5 Å². The third-order valence-electron chi connectivity index (χ3n) is 6.76. The van der Waals surface area contributed by atoms with Crippen molar-refractivity contribution < 1.29 is 57.1 Å². The van der Waals surface area contributed by atoms with Crippen molar-refractivity contribution >= 4 is 35.5 Å². The van der Waals surface area contributed by atoms with Gasteiger partial charge in [0.05, 0.1) is 18.3 Å². The SMILES string of the molecule is CC(=N)N1CCC(Oc2ccc(C(=O)N[C@@H](COc3cc(C(=N)N)ccc3CCC(=O)O)CC(=O)O)cc2)CC1.O=C(O)C(F)(F)F. The molecule has 0 aliphatic carbocycles. The van der Waals surface area contributed by atoms with Crippen molar-refractivity contribution in [3.63, 3.8) is 0 Å². The number of nitrogen functional groups attached to an aromatic ring is 1. The number of benzene rings is 2. The van der Waals surface area contributed by atoms with Crippen LogP contribution < -0.4 is 20.5 Å². The van der Waals surface area contributed by atoms with E-state index in [4.69, 9.17) is 41.0 Å². The highest BCUT2D eigenvalue weighted by Gasteiger charge is 2.38. The number of carboxylic acid groups (broad SMARTS) is 3. The molecule has 0 bridgehead atoms. The molecule has 17 heteroatoms. The predicted octanol–water partition coefficient (Wildman–Crippen LogP) is 3.11. The number of halogens is 3. The Balaban J connectivity index is 0.000000984. The zero-order valence-corrected chi connectivity index (χ0v) is 25.3. The molecule has 47 heavy (non-hydrogen) atoms. The Kier molecular flexibility index (Phi) is 14.0. The third kappa shape index (κ3) is 13.3. The lowest BCUT2D eigenvalue weighted by Crippen LogP contribution is -2.41. The molecule has 0 aromatic heterocycles. The monoisotopic (exact) mass is 667 g/mol. The van der Waals surface area contributed by atoms with Gasteiger partial charge in [-0.25, -0.2) is 4.79 Å². The number of nitrogens with one attached hydrogen (secondary N) is 3. The average Bonchev–Trinajstić information content (AvgIpc) is 2.99. The van der Waals surface area contributed by atoms with Crippen LogP contribution in [-0.4, -0.2) is 93.7 Å². The number of carboxylic acids is 3. The first-order valence-electron chi connectivity index (χ1n) is 14.2. The van der Waals surface area contributed by atoms with Crippen LogP contribution >= 0.6 is 0 Å². The second kappa shape index (κ2) is 17.4. The number of carbonyl (C=O) groups excluding carboxylic acids is 1. The summed E-state index contributed by atoms with van der Waals surface area (Å²) in [6.07, 6.45) is -3.86. The molecule has 0 saturated carbocycles. The fourth-order valence-electron chi connectivity index (χ4n) is 4.31. The Labute approximate surface area is 267 Å². The number of aliphatic carboxylic acids is 3. The summed E-state index contributed by atoms with van der Waals surface area (Å²) in [7, 11) is 0. The smallest absolute Gasteiger partial charge is 0.490 e. The summed E-state index contributed by atoms with van der Waals surface area (Å²) in [4.78, 5) is 46.3. The maximum Gasteiger partial charge on any atom is 0.490 e. The molecule has 1 aliphatic rings. The summed E-state index contributed by atoms with van der Waals surface area (Å²) < 4.78 is 43.6. The second-order valence-corrected chi connectivity index (χ2v) is 10.4. The second-order valence-electron chi connectivity index (χ2n) is 10.4. The van der Waals surface area contributed by atoms with E-state index in [1.54, 1.807) is 43.3 Å². The highest BCUT2D eigenvalue weighted by molar-refractivity contribution is 5.95. The van der Waals surface area contributed by atoms with E-state index in [-0.39, 0.29) is 37.1 Å². The molecule has 1 saturated heterocycles. The number of hydrogen-bond acceptors (Lipinski definition) is 8. The minimum atomic E-state index is -5.08. The van der Waals surface area contributed by atoms with Crippen LogP contribution in [0.1, 0.15) is 54.1 Å². The Morgan fingerprint density at radius 1 is 1.00 bits per heavy atom. The first kappa shape index (κ1) is 37.8. The van der Waals surface area contributed by atoms with Crippen LogP contribution in [0, 0.1) is 10.8 Å². The zero-order chi connectivity index (χ0) is 35.3. The maximum absolute atomic E-state index is 12.9. The lowest BCUT2D eigenvalue weighted by atomic mass is 10.0. The fraction of sp³-hybridized carbons (Fsp3) is 0.400. The van der Waals surface area contributed by atoms with E-state index >= 15 is 0 Å². The highest BCUT2D eigenvalue weighted by atomic mass is 19.4. The lowest BCUT2D eigenvalue weighted by Gasteiger charge is -2.32. The van der Waals surface area contributed by atoms with Gasteiger partial charge in [0.2, 0.25) is 0 Å². The van der Waals surface area contributed by atoms with Crippen LogP contribution in [0.4, 0.5) is 13.2 Å². The number of alkyl halides is 3. The van der Waals surface area contributed by atoms with Gasteiger partial charge in [-0.15, -0.1) is 0 Å². The summed E-state index contributed by atoms with van der Waals surface area (Å²) in [5, 5.41) is 43.6. The molecule has 14 nitrogen and oxygen atoms in total. The first-order chi connectivity index (χ1) is 22.0. The van der Waals surface area contributed by atoms with E-state index in [2.05, 4.69) is 5.32 Å². The largest absolute Gasteiger partial charge is 0.491 e. The number of hydrogen-bond donors (Lipinski definition) is 7. The number of amidine groups is 2. The van der Waals surface area contributed by atoms with E-state index in [1.165, 1.54) is 6.07 Å². The van der Waals surface area contributed by atoms with E-state index in [0.29, 0.717) is 28.3 Å². The lowest BCUT2D eigenvalue weighted by molar-refractivity contribution is -0.192. The summed E-state index contributed by atoms with van der Waals surface area (Å²) >= 11 is 0. The molecule has 8 N–H and O–H groups in total. The van der Waals surface area contributed by atoms with Crippen molar-refractivity contribution in [3.05, 3.63) is 59.2 Å². The molecule has 1 atom stereocenters. The van der Waals surface area contributed by atoms with Crippen LogP contribution in [0.5, 0.6) is 11.5 Å². The molecule has 1 amide bonds. The highest BCUT2D eigenvalue weighted by Crippen LogP contribution is 2.23. The van der Waals surface area contributed by atoms with Crippen LogP contribution in [0.2, 0.25) is 0 Å². The quantitative estimate of drug-likeness (QED) is 0.121. The van der Waals surface area contributed by atoms with E-state index in [1.807, 2.05) is 4.90 Å². The molecule has 3 rings (SSSR count). The van der Waals surface area contributed by atoms with Gasteiger partial charge in [0, 0.05) is 43.5 Å². The van der Waals surface area contributed by atoms with Crippen molar-refractivity contribution in [1.29, 1.82) is 10.8 Å². The Morgan fingerprint density at radius 3 is 2.06 bits per heavy atom. The van der Waals surface area contributed by atoms with Gasteiger partial charge in [0.25, 0.3) is 5.91 Å². The van der Waals surface area contributed by atoms with E-state index in [9.17, 15) is 32.7 Å². The summed E-state index contributed by atoms with van der Waals surface area (Å²) in [5.41, 5.74) is 6.81. The van der Waals surface area contributed by atoms with Gasteiger partial charge in [-0.3, -0.25) is 25.2 Å². The predicted molar refractivity (Wildman–Crippen MR) is 161 cm³/mol. The van der Waals surface area contributed by atoms with Crippen LogP contribution in [0.3, 0.4) is 0 Å². The van der Waals surface area contributed by atoms with Gasteiger partial charge in [-0.05, 0) is 49.2 Å². The van der Waals surface area contributed by atoms with Crippen molar-refractivity contribution in [3.8, 4) is 11.5 Å². The number of nitrogens with two attached hydrogens (primary N) is 1. The number of rotatable bonds is 13.